The number of carbonyl (C=O) groups excluding carboxylic acids is 2. The number of allylic oxidation sites excluding steroid dienone is 10. The molecule has 1 N–H and O–H groups in total. The van der Waals surface area contributed by atoms with Crippen LogP contribution in [0.2, 0.25) is 0 Å². The van der Waals surface area contributed by atoms with Crippen molar-refractivity contribution in [2.24, 2.45) is 0 Å². The van der Waals surface area contributed by atoms with E-state index >= 15 is 0 Å². The molecule has 82 heavy (non-hydrogen) atoms. The lowest BCUT2D eigenvalue weighted by molar-refractivity contribution is -0.870. The molecule has 480 valence electrons. The molecular weight excluding hydrogens is 1040 g/mol. The Hall–Kier alpha value is -2.29. The number of unbranched alkanes of at least 4 members (excludes halogenated alkanes) is 41. The highest BCUT2D eigenvalue weighted by atomic mass is 31.2. The monoisotopic (exact) mass is 1170 g/mol. The maximum atomic E-state index is 12.9. The molecule has 0 bridgehead atoms. The second-order valence-corrected chi connectivity index (χ2v) is 26.4. The second kappa shape index (κ2) is 63.2. The molecule has 9 nitrogen and oxygen atoms in total. The zero-order valence-electron chi connectivity index (χ0n) is 54.7. The van der Waals surface area contributed by atoms with Crippen LogP contribution in [0.15, 0.2) is 60.8 Å². The molecule has 0 aliphatic carbocycles. The first-order valence-electron chi connectivity index (χ1n) is 35.0. The van der Waals surface area contributed by atoms with Gasteiger partial charge in [0.1, 0.15) is 19.8 Å². The van der Waals surface area contributed by atoms with Crippen LogP contribution in [0.1, 0.15) is 335 Å². The zero-order valence-corrected chi connectivity index (χ0v) is 55.6. The Kier molecular flexibility index (Phi) is 61.5. The third kappa shape index (κ3) is 66.8. The van der Waals surface area contributed by atoms with Crippen LogP contribution < -0.4 is 0 Å². The summed E-state index contributed by atoms with van der Waals surface area (Å²) in [6, 6.07) is 0. The largest absolute Gasteiger partial charge is 0.472 e. The van der Waals surface area contributed by atoms with E-state index in [1.165, 1.54) is 231 Å². The Bertz CT molecular complexity index is 1570. The molecule has 0 spiro atoms. The first-order valence-corrected chi connectivity index (χ1v) is 36.5. The van der Waals surface area contributed by atoms with Gasteiger partial charge in [-0.1, -0.05) is 325 Å². The number of esters is 2. The fourth-order valence-electron chi connectivity index (χ4n) is 10.2. The van der Waals surface area contributed by atoms with Gasteiger partial charge in [-0.15, -0.1) is 0 Å². The van der Waals surface area contributed by atoms with Crippen LogP contribution >= 0.6 is 7.82 Å². The summed E-state index contributed by atoms with van der Waals surface area (Å²) in [7, 11) is 1.49. The van der Waals surface area contributed by atoms with Crippen molar-refractivity contribution in [2.75, 3.05) is 47.5 Å². The van der Waals surface area contributed by atoms with Gasteiger partial charge in [-0.2, -0.15) is 0 Å². The van der Waals surface area contributed by atoms with E-state index < -0.39 is 26.5 Å². The first kappa shape index (κ1) is 79.7. The normalized spacial score (nSPS) is 13.5. The van der Waals surface area contributed by atoms with Crippen molar-refractivity contribution in [1.82, 2.24) is 0 Å². The van der Waals surface area contributed by atoms with Gasteiger partial charge in [-0.3, -0.25) is 18.6 Å². The van der Waals surface area contributed by atoms with E-state index in [9.17, 15) is 19.0 Å². The molecule has 0 saturated carbocycles. The van der Waals surface area contributed by atoms with Crippen molar-refractivity contribution in [3.63, 3.8) is 0 Å². The van der Waals surface area contributed by atoms with Crippen LogP contribution in [-0.4, -0.2) is 74.9 Å². The van der Waals surface area contributed by atoms with Crippen LogP contribution in [0.4, 0.5) is 0 Å². The second-order valence-electron chi connectivity index (χ2n) is 24.9. The van der Waals surface area contributed by atoms with Gasteiger partial charge in [-0.05, 0) is 57.8 Å². The summed E-state index contributed by atoms with van der Waals surface area (Å²) in [6.45, 7) is 4.37. The third-order valence-electron chi connectivity index (χ3n) is 15.6. The molecule has 0 aliphatic rings. The molecule has 0 amide bonds. The Morgan fingerprint density at radius 2 is 0.695 bits per heavy atom. The molecule has 0 aliphatic heterocycles. The minimum absolute atomic E-state index is 0.0312. The molecule has 2 unspecified atom stereocenters. The Labute approximate surface area is 508 Å². The Morgan fingerprint density at radius 1 is 0.390 bits per heavy atom. The zero-order chi connectivity index (χ0) is 59.8. The van der Waals surface area contributed by atoms with Gasteiger partial charge < -0.3 is 18.9 Å². The number of phosphoric ester groups is 1. The summed E-state index contributed by atoms with van der Waals surface area (Å²) in [4.78, 5) is 35.9. The lowest BCUT2D eigenvalue weighted by atomic mass is 10.0. The maximum absolute atomic E-state index is 12.9. The van der Waals surface area contributed by atoms with E-state index in [4.69, 9.17) is 18.5 Å². The minimum atomic E-state index is -4.39. The Balaban J connectivity index is 4.01. The highest BCUT2D eigenvalue weighted by Crippen LogP contribution is 2.43. The predicted molar refractivity (Wildman–Crippen MR) is 353 cm³/mol. The number of rotatable bonds is 65. The van der Waals surface area contributed by atoms with E-state index in [-0.39, 0.29) is 25.6 Å². The van der Waals surface area contributed by atoms with Gasteiger partial charge in [0.05, 0.1) is 27.7 Å². The van der Waals surface area contributed by atoms with Crippen LogP contribution in [0.5, 0.6) is 0 Å². The SMILES string of the molecule is CC/C=C\C/C=C\C/C=C\C/C=C\C/C=C\CCCCCCCCCCCCCC(=O)OC(COC(=O)CCCCCCCCCCCCCCCCCCCCCCCCCCCCCCCCC)COP(=O)(O)OCC[N+](C)(C)C. The number of likely N-dealkylation sites (N-methyl/N-ethyl adjacent to an activating group) is 1. The summed E-state index contributed by atoms with van der Waals surface area (Å²) in [5.74, 6) is -0.786. The lowest BCUT2D eigenvalue weighted by Gasteiger charge is -2.24. The van der Waals surface area contributed by atoms with Crippen LogP contribution in [0, 0.1) is 0 Å². The van der Waals surface area contributed by atoms with E-state index in [1.54, 1.807) is 0 Å². The number of nitrogens with zero attached hydrogens (tertiary/aromatic N) is 1. The number of phosphoric acid groups is 1. The van der Waals surface area contributed by atoms with Gasteiger partial charge in [0.15, 0.2) is 6.10 Å². The van der Waals surface area contributed by atoms with E-state index in [2.05, 4.69) is 74.6 Å². The molecule has 0 aromatic rings. The fraction of sp³-hybridized carbons (Fsp3) is 0.833. The number of hydrogen-bond acceptors (Lipinski definition) is 7. The number of hydrogen-bond donors (Lipinski definition) is 1. The molecule has 10 heteroatoms. The molecular formula is C72H135NO8P+. The van der Waals surface area contributed by atoms with Crippen molar-refractivity contribution in [1.29, 1.82) is 0 Å². The topological polar surface area (TPSA) is 108 Å². The molecule has 0 aromatic heterocycles. The molecule has 2 atom stereocenters. The van der Waals surface area contributed by atoms with Crippen molar-refractivity contribution in [3.05, 3.63) is 60.8 Å². The van der Waals surface area contributed by atoms with Gasteiger partial charge in [0.25, 0.3) is 0 Å². The summed E-state index contributed by atoms with van der Waals surface area (Å²) < 4.78 is 34.7. The number of quaternary nitrogens is 1. The average Bonchev–Trinajstić information content (AvgIpc) is 3.46. The molecule has 0 saturated heterocycles. The number of ether oxygens (including phenoxy) is 2. The van der Waals surface area contributed by atoms with Gasteiger partial charge in [-0.25, -0.2) is 4.57 Å². The van der Waals surface area contributed by atoms with Crippen LogP contribution in [0.25, 0.3) is 0 Å². The summed E-state index contributed by atoms with van der Waals surface area (Å²) in [5.41, 5.74) is 0. The third-order valence-corrected chi connectivity index (χ3v) is 16.5. The molecule has 0 rings (SSSR count). The van der Waals surface area contributed by atoms with Crippen molar-refractivity contribution >= 4 is 19.8 Å². The molecule has 0 fully saturated rings. The smallest absolute Gasteiger partial charge is 0.462 e. The number of carbonyl (C=O) groups is 2. The first-order chi connectivity index (χ1) is 40.0. The average molecular weight is 1170 g/mol. The minimum Gasteiger partial charge on any atom is -0.462 e. The maximum Gasteiger partial charge on any atom is 0.472 e. The summed E-state index contributed by atoms with van der Waals surface area (Å²) in [5, 5.41) is 0. The van der Waals surface area contributed by atoms with E-state index in [1.807, 2.05) is 21.1 Å². The highest BCUT2D eigenvalue weighted by molar-refractivity contribution is 7.47. The van der Waals surface area contributed by atoms with Gasteiger partial charge in [0, 0.05) is 12.8 Å². The van der Waals surface area contributed by atoms with Crippen LogP contribution in [-0.2, 0) is 32.7 Å². The molecule has 0 radical (unpaired) electrons. The van der Waals surface area contributed by atoms with E-state index in [0.717, 1.165) is 70.6 Å². The summed E-state index contributed by atoms with van der Waals surface area (Å²) in [6.07, 6.45) is 83.3. The predicted octanol–water partition coefficient (Wildman–Crippen LogP) is 22.6. The Morgan fingerprint density at radius 3 is 1.04 bits per heavy atom. The van der Waals surface area contributed by atoms with Crippen molar-refractivity contribution in [2.45, 2.75) is 341 Å². The van der Waals surface area contributed by atoms with Crippen molar-refractivity contribution < 1.29 is 42.1 Å². The van der Waals surface area contributed by atoms with E-state index in [0.29, 0.717) is 23.9 Å². The lowest BCUT2D eigenvalue weighted by Crippen LogP contribution is -2.37. The highest BCUT2D eigenvalue weighted by Gasteiger charge is 2.27. The quantitative estimate of drug-likeness (QED) is 0.0211. The van der Waals surface area contributed by atoms with Gasteiger partial charge in [0.2, 0.25) is 0 Å². The molecule has 0 heterocycles. The fourth-order valence-corrected chi connectivity index (χ4v) is 11.0. The van der Waals surface area contributed by atoms with Gasteiger partial charge >= 0.3 is 19.8 Å². The standard InChI is InChI=1S/C72H134NO8P/c1-6-8-10-12-14-16-18-20-22-24-26-28-30-32-34-35-36-37-39-40-42-44-46-48-50-52-54-56-58-60-62-64-71(74)78-68-70(69-80-82(76,77)79-67-66-73(3,4)5)81-72(75)65-63-61-59-57-55-53-51-49-47-45-43-41-38-33-31-29-27-25-23-21-19-17-15-13-11-9-7-2/h9,11,15,17,21,23,27,29,33,38,70H,6-8,10,12-14,16,18-20,22,24-26,28,30-32,34-37,39-69H2,1-5H3/p+1/b11-9-,17-15-,23-21-,29-27-,38-33-. The van der Waals surface area contributed by atoms with Crippen LogP contribution in [0.3, 0.4) is 0 Å². The molecule has 0 aromatic carbocycles. The summed E-state index contributed by atoms with van der Waals surface area (Å²) >= 11 is 0. The van der Waals surface area contributed by atoms with Crippen molar-refractivity contribution in [3.8, 4) is 0 Å².